The Labute approximate surface area is 168 Å². The van der Waals surface area contributed by atoms with Crippen LogP contribution < -0.4 is 0 Å². The van der Waals surface area contributed by atoms with Crippen molar-refractivity contribution in [2.24, 2.45) is 0 Å². The molecule has 134 valence electrons. The molecule has 3 aromatic heterocycles. The molecule has 5 nitrogen and oxygen atoms in total. The van der Waals surface area contributed by atoms with Crippen LogP contribution in [0.25, 0.3) is 21.3 Å². The van der Waals surface area contributed by atoms with Gasteiger partial charge in [0.05, 0.1) is 12.2 Å². The van der Waals surface area contributed by atoms with Crippen LogP contribution in [-0.4, -0.2) is 39.5 Å². The Hall–Kier alpha value is -1.44. The van der Waals surface area contributed by atoms with E-state index in [0.717, 1.165) is 42.7 Å². The van der Waals surface area contributed by atoms with Crippen LogP contribution in [0, 0.1) is 18.3 Å². The van der Waals surface area contributed by atoms with Crippen molar-refractivity contribution in [2.75, 3.05) is 24.6 Å². The normalized spacial score (nSPS) is 10.8. The number of rotatable bonds is 8. The van der Waals surface area contributed by atoms with Gasteiger partial charge >= 0.3 is 0 Å². The molecule has 0 bridgehead atoms. The number of nitriles is 1. The summed E-state index contributed by atoms with van der Waals surface area (Å²) >= 11 is 6.43. The third-order valence-electron chi connectivity index (χ3n) is 3.51. The predicted octanol–water partition coefficient (Wildman–Crippen LogP) is 4.94. The van der Waals surface area contributed by atoms with Gasteiger partial charge in [-0.15, -0.1) is 34.4 Å². The van der Waals surface area contributed by atoms with Crippen LogP contribution >= 0.6 is 46.2 Å². The maximum absolute atomic E-state index is 9.82. The molecular formula is C17H16N4OS4. The zero-order valence-corrected chi connectivity index (χ0v) is 17.5. The summed E-state index contributed by atoms with van der Waals surface area (Å²) in [4.78, 5) is 13.6. The van der Waals surface area contributed by atoms with Gasteiger partial charge in [-0.05, 0) is 12.5 Å². The second kappa shape index (κ2) is 9.48. The molecule has 0 N–H and O–H groups in total. The molecule has 26 heavy (non-hydrogen) atoms. The highest BCUT2D eigenvalue weighted by atomic mass is 32.2. The van der Waals surface area contributed by atoms with Gasteiger partial charge < -0.3 is 4.74 Å². The lowest BCUT2D eigenvalue weighted by Gasteiger charge is -2.13. The van der Waals surface area contributed by atoms with Crippen molar-refractivity contribution < 1.29 is 4.74 Å². The van der Waals surface area contributed by atoms with Gasteiger partial charge in [0.25, 0.3) is 0 Å². The monoisotopic (exact) mass is 420 g/mol. The first-order chi connectivity index (χ1) is 12.8. The molecule has 0 radical (unpaired) electrons. The molecule has 0 saturated heterocycles. The number of aromatic nitrogens is 3. The van der Waals surface area contributed by atoms with Gasteiger partial charge in [-0.2, -0.15) is 5.26 Å². The number of pyridine rings is 1. The van der Waals surface area contributed by atoms with Crippen LogP contribution in [0.2, 0.25) is 0 Å². The minimum absolute atomic E-state index is 0.593. The molecule has 0 fully saturated rings. The highest BCUT2D eigenvalue weighted by Crippen LogP contribution is 2.39. The fourth-order valence-electron chi connectivity index (χ4n) is 2.32. The number of methoxy groups -OCH3 is 1. The lowest BCUT2D eigenvalue weighted by Crippen LogP contribution is -2.00. The molecule has 3 aromatic rings. The fourth-order valence-corrected chi connectivity index (χ4v) is 5.74. The Morgan fingerprint density at radius 3 is 2.54 bits per heavy atom. The second-order valence-corrected chi connectivity index (χ2v) is 9.31. The third kappa shape index (κ3) is 4.27. The highest BCUT2D eigenvalue weighted by Gasteiger charge is 2.22. The summed E-state index contributed by atoms with van der Waals surface area (Å²) in [6.07, 6.45) is 3.54. The molecule has 9 heteroatoms. The smallest absolute Gasteiger partial charge is 0.142 e. The number of thioether (sulfide) groups is 2. The third-order valence-corrected chi connectivity index (χ3v) is 7.24. The Morgan fingerprint density at radius 2 is 1.92 bits per heavy atom. The molecule has 3 rings (SSSR count). The van der Waals surface area contributed by atoms with E-state index < -0.39 is 0 Å². The molecule has 0 spiro atoms. The number of hydrogen-bond donors (Lipinski definition) is 0. The van der Waals surface area contributed by atoms with Crippen molar-refractivity contribution in [1.82, 2.24) is 15.0 Å². The number of ether oxygens (including phenoxy) is 1. The summed E-state index contributed by atoms with van der Waals surface area (Å²) in [5.41, 5.74) is 3.23. The van der Waals surface area contributed by atoms with Crippen molar-refractivity contribution in [3.05, 3.63) is 34.3 Å². The van der Waals surface area contributed by atoms with E-state index in [-0.39, 0.29) is 0 Å². The van der Waals surface area contributed by atoms with E-state index >= 15 is 0 Å². The fraction of sp³-hybridized carbons (Fsp3) is 0.294. The molecule has 3 heterocycles. The molecule has 0 unspecified atom stereocenters. The molecule has 0 saturated carbocycles. The van der Waals surface area contributed by atoms with E-state index in [0.29, 0.717) is 12.2 Å². The highest BCUT2D eigenvalue weighted by molar-refractivity contribution is 8.16. The van der Waals surface area contributed by atoms with Crippen LogP contribution in [0.4, 0.5) is 0 Å². The molecule has 0 aliphatic carbocycles. The van der Waals surface area contributed by atoms with E-state index in [1.54, 1.807) is 54.4 Å². The van der Waals surface area contributed by atoms with Crippen LogP contribution in [0.5, 0.6) is 0 Å². The van der Waals surface area contributed by atoms with Crippen molar-refractivity contribution in [1.29, 1.82) is 5.26 Å². The van der Waals surface area contributed by atoms with Crippen LogP contribution in [0.3, 0.4) is 0 Å². The van der Waals surface area contributed by atoms with Crippen molar-refractivity contribution in [3.8, 4) is 27.3 Å². The molecule has 0 aromatic carbocycles. The first-order valence-electron chi connectivity index (χ1n) is 7.70. The standard InChI is InChI=1S/C17H16N4OS4/c1-11-13(16-19-3-6-24-16)12(9-18)15(26-10-23-8-5-22-2)21-14(11)17-20-4-7-25-17/h3-4,6-7H,5,8,10H2,1-2H3. The topological polar surface area (TPSA) is 71.7 Å². The Balaban J connectivity index is 2.04. The molecular weight excluding hydrogens is 404 g/mol. The van der Waals surface area contributed by atoms with Crippen LogP contribution in [-0.2, 0) is 4.74 Å². The quantitative estimate of drug-likeness (QED) is 0.290. The zero-order chi connectivity index (χ0) is 18.4. The van der Waals surface area contributed by atoms with Gasteiger partial charge in [-0.25, -0.2) is 15.0 Å². The van der Waals surface area contributed by atoms with Crippen LogP contribution in [0.15, 0.2) is 28.2 Å². The first kappa shape index (κ1) is 19.3. The van der Waals surface area contributed by atoms with E-state index in [4.69, 9.17) is 9.72 Å². The SMILES string of the molecule is COCCSCSc1nc(-c2nccs2)c(C)c(-c2nccs2)c1C#N. The summed E-state index contributed by atoms with van der Waals surface area (Å²) < 4.78 is 5.08. The van der Waals surface area contributed by atoms with E-state index in [2.05, 4.69) is 16.0 Å². The van der Waals surface area contributed by atoms with Gasteiger partial charge in [0.1, 0.15) is 26.8 Å². The Kier molecular flexibility index (Phi) is 7.05. The average molecular weight is 421 g/mol. The first-order valence-corrected chi connectivity index (χ1v) is 11.6. The Bertz CT molecular complexity index is 889. The lowest BCUT2D eigenvalue weighted by molar-refractivity contribution is 0.219. The van der Waals surface area contributed by atoms with Crippen molar-refractivity contribution in [2.45, 2.75) is 11.9 Å². The van der Waals surface area contributed by atoms with Gasteiger partial charge in [0.15, 0.2) is 0 Å². The lowest BCUT2D eigenvalue weighted by atomic mass is 10.0. The van der Waals surface area contributed by atoms with Crippen LogP contribution in [0.1, 0.15) is 11.1 Å². The summed E-state index contributed by atoms with van der Waals surface area (Å²) in [5, 5.41) is 16.9. The summed E-state index contributed by atoms with van der Waals surface area (Å²) in [5.74, 6) is 0.913. The number of nitrogens with zero attached hydrogens (tertiary/aromatic N) is 4. The van der Waals surface area contributed by atoms with E-state index in [9.17, 15) is 5.26 Å². The van der Waals surface area contributed by atoms with E-state index in [1.165, 1.54) is 11.3 Å². The predicted molar refractivity (Wildman–Crippen MR) is 111 cm³/mol. The molecule has 0 aliphatic heterocycles. The molecule has 0 atom stereocenters. The average Bonchev–Trinajstić information content (AvgIpc) is 3.35. The largest absolute Gasteiger partial charge is 0.384 e. The summed E-state index contributed by atoms with van der Waals surface area (Å²) in [6.45, 7) is 2.70. The summed E-state index contributed by atoms with van der Waals surface area (Å²) in [6, 6.07) is 2.35. The number of thiazole rings is 2. The van der Waals surface area contributed by atoms with Crippen molar-refractivity contribution >= 4 is 46.2 Å². The maximum atomic E-state index is 9.82. The van der Waals surface area contributed by atoms with E-state index in [1.807, 2.05) is 17.7 Å². The molecule has 0 amide bonds. The molecule has 0 aliphatic rings. The van der Waals surface area contributed by atoms with Gasteiger partial charge in [-0.3, -0.25) is 0 Å². The summed E-state index contributed by atoms with van der Waals surface area (Å²) in [7, 11) is 1.70. The Morgan fingerprint density at radius 1 is 1.19 bits per heavy atom. The van der Waals surface area contributed by atoms with Gasteiger partial charge in [0, 0.05) is 46.7 Å². The van der Waals surface area contributed by atoms with Gasteiger partial charge in [0.2, 0.25) is 0 Å². The minimum Gasteiger partial charge on any atom is -0.384 e. The number of hydrogen-bond acceptors (Lipinski definition) is 9. The minimum atomic E-state index is 0.593. The maximum Gasteiger partial charge on any atom is 0.142 e. The second-order valence-electron chi connectivity index (χ2n) is 5.09. The van der Waals surface area contributed by atoms with Gasteiger partial charge in [-0.1, -0.05) is 11.8 Å². The van der Waals surface area contributed by atoms with Crippen molar-refractivity contribution in [3.63, 3.8) is 0 Å². The zero-order valence-electron chi connectivity index (χ0n) is 14.3.